The average molecular weight is 440 g/mol. The fraction of sp³-hybridized carbons (Fsp3) is 0.296. The van der Waals surface area contributed by atoms with Gasteiger partial charge in [0.05, 0.1) is 17.0 Å². The van der Waals surface area contributed by atoms with E-state index in [4.69, 9.17) is 11.6 Å². The highest BCUT2D eigenvalue weighted by molar-refractivity contribution is 6.33. The molecule has 0 radical (unpaired) electrons. The van der Waals surface area contributed by atoms with Gasteiger partial charge >= 0.3 is 0 Å². The normalized spacial score (nSPS) is 29.2. The molecule has 2 bridgehead atoms. The number of pyridine rings is 1. The third-order valence-corrected chi connectivity index (χ3v) is 8.55. The van der Waals surface area contributed by atoms with Gasteiger partial charge in [-0.05, 0) is 73.4 Å². The van der Waals surface area contributed by atoms with E-state index in [0.29, 0.717) is 28.1 Å². The monoisotopic (exact) mass is 439 g/mol. The summed E-state index contributed by atoms with van der Waals surface area (Å²) in [5.41, 5.74) is 3.60. The minimum Gasteiger partial charge on any atom is -0.326 e. The third kappa shape index (κ3) is 2.49. The lowest BCUT2D eigenvalue weighted by Gasteiger charge is -2.29. The van der Waals surface area contributed by atoms with E-state index >= 15 is 0 Å². The molecule has 0 aliphatic heterocycles. The Morgan fingerprint density at radius 1 is 1.06 bits per heavy atom. The van der Waals surface area contributed by atoms with Gasteiger partial charge in [0.15, 0.2) is 0 Å². The molecule has 0 spiro atoms. The van der Waals surface area contributed by atoms with Crippen LogP contribution in [0.2, 0.25) is 5.02 Å². The minimum atomic E-state index is -0.342. The second-order valence-electron chi connectivity index (χ2n) is 9.37. The van der Waals surface area contributed by atoms with Crippen molar-refractivity contribution in [3.05, 3.63) is 83.1 Å². The van der Waals surface area contributed by atoms with Crippen molar-refractivity contribution in [2.45, 2.75) is 31.1 Å². The Bertz CT molecular complexity index is 1280. The lowest BCUT2D eigenvalue weighted by atomic mass is 9.75. The molecule has 4 atom stereocenters. The summed E-state index contributed by atoms with van der Waals surface area (Å²) >= 11 is 6.35. The summed E-state index contributed by atoms with van der Waals surface area (Å²) in [6, 6.07) is 19.4. The molecular formula is C27H22ClN3O. The first-order chi connectivity index (χ1) is 15.6. The summed E-state index contributed by atoms with van der Waals surface area (Å²) in [4.78, 5) is 17.9. The van der Waals surface area contributed by atoms with Gasteiger partial charge in [-0.25, -0.2) is 0 Å². The first-order valence-electron chi connectivity index (χ1n) is 11.1. The first kappa shape index (κ1) is 19.5. The van der Waals surface area contributed by atoms with Gasteiger partial charge in [-0.1, -0.05) is 35.9 Å². The molecule has 1 amide bonds. The highest BCUT2D eigenvalue weighted by Crippen LogP contribution is 2.82. The predicted molar refractivity (Wildman–Crippen MR) is 124 cm³/mol. The van der Waals surface area contributed by atoms with Crippen LogP contribution < -0.4 is 5.32 Å². The fourth-order valence-corrected chi connectivity index (χ4v) is 7.11. The number of rotatable bonds is 4. The molecule has 0 unspecified atom stereocenters. The smallest absolute Gasteiger partial charge is 0.231 e. The lowest BCUT2D eigenvalue weighted by Crippen LogP contribution is -2.36. The van der Waals surface area contributed by atoms with Crippen LogP contribution in [0.25, 0.3) is 11.1 Å². The van der Waals surface area contributed by atoms with E-state index in [1.54, 1.807) is 6.07 Å². The minimum absolute atomic E-state index is 0.0570. The van der Waals surface area contributed by atoms with Crippen LogP contribution in [0.15, 0.2) is 67.0 Å². The van der Waals surface area contributed by atoms with E-state index in [1.807, 2.05) is 48.8 Å². The molecule has 3 aliphatic carbocycles. The number of nitrogens with one attached hydrogen (secondary N) is 1. The van der Waals surface area contributed by atoms with Gasteiger partial charge in [-0.3, -0.25) is 9.78 Å². The van der Waals surface area contributed by atoms with Crippen LogP contribution in [0.5, 0.6) is 0 Å². The molecule has 32 heavy (non-hydrogen) atoms. The summed E-state index contributed by atoms with van der Waals surface area (Å²) in [6.45, 7) is 0. The number of hydrogen-bond donors (Lipinski definition) is 1. The molecule has 1 heterocycles. The van der Waals surface area contributed by atoms with Crippen LogP contribution in [-0.4, -0.2) is 10.9 Å². The second kappa shape index (κ2) is 6.92. The summed E-state index contributed by atoms with van der Waals surface area (Å²) in [5, 5.41) is 13.5. The molecule has 0 saturated heterocycles. The number of fused-ring (bicyclic) bond motifs is 5. The van der Waals surface area contributed by atoms with Gasteiger partial charge in [0.1, 0.15) is 0 Å². The summed E-state index contributed by atoms with van der Waals surface area (Å²) < 4.78 is 0. The number of carbonyl (C=O) groups excluding carboxylic acids is 1. The van der Waals surface area contributed by atoms with Crippen LogP contribution in [0.1, 0.15) is 36.8 Å². The van der Waals surface area contributed by atoms with Crippen molar-refractivity contribution in [3.8, 4) is 17.2 Å². The second-order valence-corrected chi connectivity index (χ2v) is 9.78. The van der Waals surface area contributed by atoms with Crippen molar-refractivity contribution in [2.24, 2.45) is 17.3 Å². The fourth-order valence-electron chi connectivity index (χ4n) is 6.87. The van der Waals surface area contributed by atoms with Gasteiger partial charge < -0.3 is 5.32 Å². The standard InChI is InChI=1S/C27H22ClN3O/c28-24-4-2-1-3-23(24)22-8-7-21(13-17(22)15-29)31-25(32)27-16-26(27,18-9-11-30-12-10-18)19-5-6-20(27)14-19/h1-4,7-13,19-20H,5-6,14,16H2,(H,31,32)/t19-,20+,26-,27-/m1/s1. The van der Waals surface area contributed by atoms with Crippen LogP contribution in [0, 0.1) is 28.6 Å². The molecule has 5 heteroatoms. The van der Waals surface area contributed by atoms with Gasteiger partial charge in [0.25, 0.3) is 0 Å². The highest BCUT2D eigenvalue weighted by Gasteiger charge is 2.83. The number of nitriles is 1. The number of halogens is 1. The molecule has 1 N–H and O–H groups in total. The van der Waals surface area contributed by atoms with E-state index < -0.39 is 0 Å². The molecule has 2 aromatic carbocycles. The number of hydrogen-bond acceptors (Lipinski definition) is 3. The van der Waals surface area contributed by atoms with Gasteiger partial charge in [0, 0.05) is 39.6 Å². The van der Waals surface area contributed by atoms with Crippen LogP contribution >= 0.6 is 11.6 Å². The van der Waals surface area contributed by atoms with Crippen LogP contribution in [0.3, 0.4) is 0 Å². The summed E-state index contributed by atoms with van der Waals surface area (Å²) in [6.07, 6.45) is 8.04. The molecule has 158 valence electrons. The molecule has 3 saturated carbocycles. The Kier molecular flexibility index (Phi) is 4.22. The number of nitrogens with zero attached hydrogens (tertiary/aromatic N) is 2. The predicted octanol–water partition coefficient (Wildman–Crippen LogP) is 5.97. The van der Waals surface area contributed by atoms with Crippen molar-refractivity contribution in [1.82, 2.24) is 4.98 Å². The number of carbonyl (C=O) groups is 1. The van der Waals surface area contributed by atoms with E-state index in [-0.39, 0.29) is 16.7 Å². The number of amides is 1. The van der Waals surface area contributed by atoms with Crippen LogP contribution in [-0.2, 0) is 10.2 Å². The highest BCUT2D eigenvalue weighted by atomic mass is 35.5. The van der Waals surface area contributed by atoms with E-state index in [1.165, 1.54) is 12.0 Å². The maximum absolute atomic E-state index is 13.7. The van der Waals surface area contributed by atoms with Crippen molar-refractivity contribution in [3.63, 3.8) is 0 Å². The largest absolute Gasteiger partial charge is 0.326 e. The van der Waals surface area contributed by atoms with Gasteiger partial charge in [-0.15, -0.1) is 0 Å². The number of benzene rings is 2. The zero-order valence-electron chi connectivity index (χ0n) is 17.5. The topological polar surface area (TPSA) is 65.8 Å². The Balaban J connectivity index is 1.33. The van der Waals surface area contributed by atoms with E-state index in [9.17, 15) is 10.1 Å². The Morgan fingerprint density at radius 3 is 2.62 bits per heavy atom. The molecule has 6 rings (SSSR count). The molecule has 3 aromatic rings. The zero-order valence-corrected chi connectivity index (χ0v) is 18.3. The lowest BCUT2D eigenvalue weighted by molar-refractivity contribution is -0.123. The van der Waals surface area contributed by atoms with Crippen molar-refractivity contribution in [2.75, 3.05) is 5.32 Å². The van der Waals surface area contributed by atoms with Crippen molar-refractivity contribution >= 4 is 23.2 Å². The summed E-state index contributed by atoms with van der Waals surface area (Å²) in [7, 11) is 0. The molecule has 3 fully saturated rings. The maximum atomic E-state index is 13.7. The molecular weight excluding hydrogens is 418 g/mol. The Morgan fingerprint density at radius 2 is 1.84 bits per heavy atom. The van der Waals surface area contributed by atoms with Crippen molar-refractivity contribution in [1.29, 1.82) is 5.26 Å². The van der Waals surface area contributed by atoms with E-state index in [0.717, 1.165) is 30.4 Å². The van der Waals surface area contributed by atoms with Gasteiger partial charge in [-0.2, -0.15) is 5.26 Å². The Labute approximate surface area is 192 Å². The number of anilines is 1. The van der Waals surface area contributed by atoms with Crippen molar-refractivity contribution < 1.29 is 4.79 Å². The molecule has 1 aromatic heterocycles. The quantitative estimate of drug-likeness (QED) is 0.544. The first-order valence-corrected chi connectivity index (χ1v) is 11.5. The van der Waals surface area contributed by atoms with Crippen LogP contribution in [0.4, 0.5) is 5.69 Å². The zero-order chi connectivity index (χ0) is 21.9. The average Bonchev–Trinajstić information content (AvgIpc) is 3.23. The Hall–Kier alpha value is -3.16. The SMILES string of the molecule is N#Cc1cc(NC(=O)[C@]23C[C@@]2(c2ccncc2)[C@@H]2CC[C@H]3C2)ccc1-c1ccccc1Cl. The van der Waals surface area contributed by atoms with Gasteiger partial charge in [0.2, 0.25) is 5.91 Å². The summed E-state index contributed by atoms with van der Waals surface area (Å²) in [5.74, 6) is 1.09. The molecule has 4 nitrogen and oxygen atoms in total. The molecule has 3 aliphatic rings. The van der Waals surface area contributed by atoms with E-state index in [2.05, 4.69) is 28.5 Å². The third-order valence-electron chi connectivity index (χ3n) is 8.22. The number of aromatic nitrogens is 1. The maximum Gasteiger partial charge on any atom is 0.231 e.